The standard InChI is InChI=1S/C18H24N4O2/c1-11-4-6-14(7-5-11)17(23)20-13(3)18-21-16(22-24-18)15-8-9-19-12(2)10-15/h8-11,13-14H,4-7H2,1-3H3,(H,20,23)/t11-,13-,14-/m0/s1. The third kappa shape index (κ3) is 3.80. The number of aromatic nitrogens is 3. The van der Waals surface area contributed by atoms with Crippen molar-refractivity contribution in [1.29, 1.82) is 0 Å². The molecule has 6 heteroatoms. The quantitative estimate of drug-likeness (QED) is 0.930. The van der Waals surface area contributed by atoms with Crippen molar-refractivity contribution in [3.05, 3.63) is 29.9 Å². The summed E-state index contributed by atoms with van der Waals surface area (Å²) in [5, 5.41) is 7.02. The topological polar surface area (TPSA) is 80.9 Å². The monoisotopic (exact) mass is 328 g/mol. The largest absolute Gasteiger partial charge is 0.344 e. The number of hydrogen-bond donors (Lipinski definition) is 1. The van der Waals surface area contributed by atoms with Gasteiger partial charge in [-0.2, -0.15) is 4.98 Å². The first-order valence-electron chi connectivity index (χ1n) is 8.60. The number of carbonyl (C=O) groups is 1. The van der Waals surface area contributed by atoms with Gasteiger partial charge in [0.05, 0.1) is 0 Å². The van der Waals surface area contributed by atoms with E-state index in [-0.39, 0.29) is 17.9 Å². The summed E-state index contributed by atoms with van der Waals surface area (Å²) in [6.07, 6.45) is 5.89. The fraction of sp³-hybridized carbons (Fsp3) is 0.556. The highest BCUT2D eigenvalue weighted by atomic mass is 16.5. The highest BCUT2D eigenvalue weighted by Gasteiger charge is 2.26. The van der Waals surface area contributed by atoms with E-state index < -0.39 is 0 Å². The molecule has 6 nitrogen and oxygen atoms in total. The van der Waals surface area contributed by atoms with Gasteiger partial charge in [0, 0.05) is 23.4 Å². The molecule has 0 aliphatic heterocycles. The number of aryl methyl sites for hydroxylation is 1. The molecule has 24 heavy (non-hydrogen) atoms. The highest BCUT2D eigenvalue weighted by molar-refractivity contribution is 5.79. The van der Waals surface area contributed by atoms with Gasteiger partial charge in [0.2, 0.25) is 17.6 Å². The molecular weight excluding hydrogens is 304 g/mol. The van der Waals surface area contributed by atoms with Crippen molar-refractivity contribution < 1.29 is 9.32 Å². The SMILES string of the molecule is Cc1cc(-c2noc([C@H](C)NC(=O)[C@H]3CC[C@H](C)CC3)n2)ccn1. The molecule has 0 spiro atoms. The van der Waals surface area contributed by atoms with Crippen LogP contribution in [0.4, 0.5) is 0 Å². The lowest BCUT2D eigenvalue weighted by atomic mass is 9.82. The average molecular weight is 328 g/mol. The fourth-order valence-corrected chi connectivity index (χ4v) is 3.13. The molecule has 2 heterocycles. The number of pyridine rings is 1. The highest BCUT2D eigenvalue weighted by Crippen LogP contribution is 2.29. The Morgan fingerprint density at radius 1 is 1.33 bits per heavy atom. The first-order valence-corrected chi connectivity index (χ1v) is 8.60. The van der Waals surface area contributed by atoms with Gasteiger partial charge in [0.15, 0.2) is 0 Å². The summed E-state index contributed by atoms with van der Waals surface area (Å²) >= 11 is 0. The lowest BCUT2D eigenvalue weighted by Gasteiger charge is -2.26. The van der Waals surface area contributed by atoms with Crippen LogP contribution in [0.1, 0.15) is 57.2 Å². The molecule has 1 atom stereocenters. The second kappa shape index (κ2) is 7.11. The van der Waals surface area contributed by atoms with Gasteiger partial charge in [-0.15, -0.1) is 0 Å². The zero-order chi connectivity index (χ0) is 17.1. The van der Waals surface area contributed by atoms with Gasteiger partial charge >= 0.3 is 0 Å². The Morgan fingerprint density at radius 2 is 2.08 bits per heavy atom. The molecule has 0 aromatic carbocycles. The Morgan fingerprint density at radius 3 is 2.79 bits per heavy atom. The Hall–Kier alpha value is -2.24. The number of nitrogens with one attached hydrogen (secondary N) is 1. The van der Waals surface area contributed by atoms with E-state index in [2.05, 4.69) is 27.4 Å². The molecule has 1 fully saturated rings. The van der Waals surface area contributed by atoms with Gasteiger partial charge in [0.1, 0.15) is 6.04 Å². The van der Waals surface area contributed by atoms with Crippen LogP contribution in [0.2, 0.25) is 0 Å². The summed E-state index contributed by atoms with van der Waals surface area (Å²) in [5.74, 6) is 1.87. The second-order valence-corrected chi connectivity index (χ2v) is 6.83. The van der Waals surface area contributed by atoms with Crippen molar-refractivity contribution in [3.63, 3.8) is 0 Å². The van der Waals surface area contributed by atoms with Crippen LogP contribution in [0.25, 0.3) is 11.4 Å². The molecule has 0 radical (unpaired) electrons. The van der Waals surface area contributed by atoms with E-state index in [9.17, 15) is 4.79 Å². The van der Waals surface area contributed by atoms with Crippen LogP contribution in [0.15, 0.2) is 22.9 Å². The second-order valence-electron chi connectivity index (χ2n) is 6.83. The predicted octanol–water partition coefficient (Wildman–Crippen LogP) is 3.44. The maximum absolute atomic E-state index is 12.4. The third-order valence-electron chi connectivity index (χ3n) is 4.71. The van der Waals surface area contributed by atoms with Crippen LogP contribution >= 0.6 is 0 Å². The zero-order valence-electron chi connectivity index (χ0n) is 14.5. The van der Waals surface area contributed by atoms with Gasteiger partial charge in [-0.05, 0) is 57.6 Å². The molecule has 128 valence electrons. The van der Waals surface area contributed by atoms with Gasteiger partial charge in [-0.25, -0.2) is 0 Å². The van der Waals surface area contributed by atoms with Crippen molar-refractivity contribution in [1.82, 2.24) is 20.4 Å². The predicted molar refractivity (Wildman–Crippen MR) is 89.9 cm³/mol. The Balaban J connectivity index is 1.63. The molecule has 2 aromatic rings. The van der Waals surface area contributed by atoms with Gasteiger partial charge in [-0.3, -0.25) is 9.78 Å². The minimum absolute atomic E-state index is 0.0916. The molecule has 0 unspecified atom stereocenters. The summed E-state index contributed by atoms with van der Waals surface area (Å²) in [4.78, 5) is 21.0. The van der Waals surface area contributed by atoms with Crippen molar-refractivity contribution in [2.24, 2.45) is 11.8 Å². The molecule has 0 bridgehead atoms. The minimum Gasteiger partial charge on any atom is -0.344 e. The number of amides is 1. The van der Waals surface area contributed by atoms with Gasteiger partial charge < -0.3 is 9.84 Å². The first kappa shape index (κ1) is 16.6. The molecule has 0 saturated heterocycles. The molecule has 1 amide bonds. The fourth-order valence-electron chi connectivity index (χ4n) is 3.13. The van der Waals surface area contributed by atoms with E-state index in [0.29, 0.717) is 11.7 Å². The van der Waals surface area contributed by atoms with Crippen LogP contribution in [-0.4, -0.2) is 21.0 Å². The summed E-state index contributed by atoms with van der Waals surface area (Å²) in [7, 11) is 0. The van der Waals surface area contributed by atoms with Crippen LogP contribution in [0.3, 0.4) is 0 Å². The average Bonchev–Trinajstić information content (AvgIpc) is 3.05. The first-order chi connectivity index (χ1) is 11.5. The van der Waals surface area contributed by atoms with E-state index >= 15 is 0 Å². The Bertz CT molecular complexity index is 705. The molecule has 1 aliphatic rings. The summed E-state index contributed by atoms with van der Waals surface area (Å²) in [5.41, 5.74) is 1.75. The minimum atomic E-state index is -0.291. The smallest absolute Gasteiger partial charge is 0.249 e. The van der Waals surface area contributed by atoms with Crippen LogP contribution in [0.5, 0.6) is 0 Å². The maximum atomic E-state index is 12.4. The van der Waals surface area contributed by atoms with E-state index in [0.717, 1.165) is 42.9 Å². The van der Waals surface area contributed by atoms with E-state index in [1.807, 2.05) is 26.0 Å². The number of nitrogens with zero attached hydrogens (tertiary/aromatic N) is 3. The number of rotatable bonds is 4. The number of carbonyl (C=O) groups excluding carboxylic acids is 1. The molecular formula is C18H24N4O2. The van der Waals surface area contributed by atoms with E-state index in [1.54, 1.807) is 6.20 Å². The molecule has 1 aliphatic carbocycles. The van der Waals surface area contributed by atoms with Crippen LogP contribution in [-0.2, 0) is 4.79 Å². The molecule has 3 rings (SSSR count). The van der Waals surface area contributed by atoms with Crippen LogP contribution < -0.4 is 5.32 Å². The maximum Gasteiger partial charge on any atom is 0.249 e. The van der Waals surface area contributed by atoms with Gasteiger partial charge in [0.25, 0.3) is 0 Å². The lowest BCUT2D eigenvalue weighted by Crippen LogP contribution is -2.34. The third-order valence-corrected chi connectivity index (χ3v) is 4.71. The Labute approximate surface area is 142 Å². The molecule has 2 aromatic heterocycles. The van der Waals surface area contributed by atoms with Gasteiger partial charge in [-0.1, -0.05) is 12.1 Å². The zero-order valence-corrected chi connectivity index (χ0v) is 14.5. The van der Waals surface area contributed by atoms with Crippen molar-refractivity contribution in [3.8, 4) is 11.4 Å². The van der Waals surface area contributed by atoms with Crippen molar-refractivity contribution >= 4 is 5.91 Å². The summed E-state index contributed by atoms with van der Waals surface area (Å²) in [6, 6.07) is 3.45. The van der Waals surface area contributed by atoms with Crippen LogP contribution in [0, 0.1) is 18.8 Å². The molecule has 1 N–H and O–H groups in total. The van der Waals surface area contributed by atoms with Crippen molar-refractivity contribution in [2.45, 2.75) is 52.5 Å². The van der Waals surface area contributed by atoms with E-state index in [4.69, 9.17) is 4.52 Å². The normalized spacial score (nSPS) is 22.1. The Kier molecular flexibility index (Phi) is 4.92. The summed E-state index contributed by atoms with van der Waals surface area (Å²) in [6.45, 7) is 6.04. The number of hydrogen-bond acceptors (Lipinski definition) is 5. The van der Waals surface area contributed by atoms with E-state index in [1.165, 1.54) is 0 Å². The molecule has 1 saturated carbocycles. The lowest BCUT2D eigenvalue weighted by molar-refractivity contribution is -0.127. The summed E-state index contributed by atoms with van der Waals surface area (Å²) < 4.78 is 5.33. The van der Waals surface area contributed by atoms with Crippen molar-refractivity contribution in [2.75, 3.05) is 0 Å².